The largest absolute Gasteiger partial charge is 0.495 e. The molecule has 1 aromatic carbocycles. The predicted octanol–water partition coefficient (Wildman–Crippen LogP) is 3.96. The summed E-state index contributed by atoms with van der Waals surface area (Å²) < 4.78 is 11.4. The third kappa shape index (κ3) is 4.00. The van der Waals surface area contributed by atoms with E-state index in [9.17, 15) is 4.79 Å². The maximum Gasteiger partial charge on any atom is 0.320 e. The van der Waals surface area contributed by atoms with Crippen molar-refractivity contribution in [2.45, 2.75) is 45.6 Å². The molecule has 182 valence electrons. The van der Waals surface area contributed by atoms with Crippen molar-refractivity contribution in [2.24, 2.45) is 4.99 Å². The van der Waals surface area contributed by atoms with Crippen LogP contribution >= 0.6 is 11.3 Å². The molecule has 10 heteroatoms. The highest BCUT2D eigenvalue weighted by Crippen LogP contribution is 2.40. The van der Waals surface area contributed by atoms with E-state index in [0.29, 0.717) is 32.7 Å². The number of hydrogen-bond acceptors (Lipinski definition) is 8. The van der Waals surface area contributed by atoms with E-state index in [-0.39, 0.29) is 18.2 Å². The minimum Gasteiger partial charge on any atom is -0.495 e. The maximum absolute atomic E-state index is 13.3. The van der Waals surface area contributed by atoms with Crippen LogP contribution in [0.1, 0.15) is 35.4 Å². The lowest BCUT2D eigenvalue weighted by molar-refractivity contribution is -0.0585. The number of benzene rings is 1. The first-order valence-corrected chi connectivity index (χ1v) is 12.7. The van der Waals surface area contributed by atoms with E-state index in [4.69, 9.17) is 9.47 Å². The van der Waals surface area contributed by atoms with Gasteiger partial charge < -0.3 is 24.6 Å². The van der Waals surface area contributed by atoms with Crippen molar-refractivity contribution < 1.29 is 14.3 Å². The number of aromatic nitrogens is 2. The molecule has 0 saturated carbocycles. The number of carbonyl (C=O) groups is 1. The molecule has 0 bridgehead atoms. The van der Waals surface area contributed by atoms with Crippen LogP contribution in [0.4, 0.5) is 16.3 Å². The molecule has 1 N–H and O–H groups in total. The average Bonchev–Trinajstić information content (AvgIpc) is 3.46. The SMILES string of the molecule is COc1cc2c(cc1Nc1ncnc3sc4c(c13)CCN(C(=O)N1C[C@@H](C)O[C@H](C)C1)C4)C=NC2. The Morgan fingerprint density at radius 1 is 1.20 bits per heavy atom. The van der Waals surface area contributed by atoms with Crippen LogP contribution in [0.15, 0.2) is 23.5 Å². The van der Waals surface area contributed by atoms with E-state index in [1.54, 1.807) is 24.8 Å². The molecule has 3 aliphatic rings. The van der Waals surface area contributed by atoms with E-state index in [0.717, 1.165) is 45.0 Å². The molecular weight excluding hydrogens is 464 g/mol. The number of rotatable bonds is 3. The number of methoxy groups -OCH3 is 1. The van der Waals surface area contributed by atoms with Crippen LogP contribution in [-0.4, -0.2) is 71.0 Å². The molecule has 2 atom stereocenters. The van der Waals surface area contributed by atoms with Crippen LogP contribution in [0.25, 0.3) is 10.2 Å². The summed E-state index contributed by atoms with van der Waals surface area (Å²) >= 11 is 1.64. The third-order valence-corrected chi connectivity index (χ3v) is 7.93. The Morgan fingerprint density at radius 3 is 2.83 bits per heavy atom. The van der Waals surface area contributed by atoms with E-state index < -0.39 is 0 Å². The Morgan fingerprint density at radius 2 is 2.03 bits per heavy atom. The molecular formula is C25H28N6O3S. The maximum atomic E-state index is 13.3. The van der Waals surface area contributed by atoms with Gasteiger partial charge in [-0.25, -0.2) is 14.8 Å². The van der Waals surface area contributed by atoms with E-state index >= 15 is 0 Å². The highest BCUT2D eigenvalue weighted by molar-refractivity contribution is 7.19. The quantitative estimate of drug-likeness (QED) is 0.595. The summed E-state index contributed by atoms with van der Waals surface area (Å²) in [5.74, 6) is 1.52. The fourth-order valence-electron chi connectivity index (χ4n) is 5.25. The summed E-state index contributed by atoms with van der Waals surface area (Å²) in [6, 6.07) is 4.18. The van der Waals surface area contributed by atoms with Gasteiger partial charge in [-0.2, -0.15) is 0 Å². The molecule has 0 spiro atoms. The summed E-state index contributed by atoms with van der Waals surface area (Å²) in [5, 5.41) is 4.53. The molecule has 0 aliphatic carbocycles. The fraction of sp³-hybridized carbons (Fsp3) is 0.440. The van der Waals surface area contributed by atoms with Gasteiger partial charge in [0.15, 0.2) is 0 Å². The molecule has 0 radical (unpaired) electrons. The van der Waals surface area contributed by atoms with Gasteiger partial charge in [0.25, 0.3) is 0 Å². The van der Waals surface area contributed by atoms with Crippen LogP contribution in [-0.2, 0) is 24.2 Å². The molecule has 1 saturated heterocycles. The second-order valence-corrected chi connectivity index (χ2v) is 10.5. The summed E-state index contributed by atoms with van der Waals surface area (Å²) in [7, 11) is 1.67. The molecule has 5 heterocycles. The number of ether oxygens (including phenoxy) is 2. The first-order valence-electron chi connectivity index (χ1n) is 11.9. The molecule has 2 amide bonds. The van der Waals surface area contributed by atoms with Crippen LogP contribution in [0.3, 0.4) is 0 Å². The van der Waals surface area contributed by atoms with Crippen LogP contribution in [0.2, 0.25) is 0 Å². The number of morpholine rings is 1. The average molecular weight is 493 g/mol. The van der Waals surface area contributed by atoms with Crippen LogP contribution in [0, 0.1) is 0 Å². The number of fused-ring (bicyclic) bond motifs is 4. The topological polar surface area (TPSA) is 92.2 Å². The Labute approximate surface area is 207 Å². The van der Waals surface area contributed by atoms with Gasteiger partial charge in [0, 0.05) is 30.7 Å². The van der Waals surface area contributed by atoms with Gasteiger partial charge >= 0.3 is 6.03 Å². The number of nitrogens with zero attached hydrogens (tertiary/aromatic N) is 5. The Kier molecular flexibility index (Phi) is 5.57. The minimum atomic E-state index is 0.0544. The van der Waals surface area contributed by atoms with Gasteiger partial charge in [-0.05, 0) is 49.1 Å². The highest BCUT2D eigenvalue weighted by Gasteiger charge is 2.32. The minimum absolute atomic E-state index is 0.0544. The number of carbonyl (C=O) groups excluding carboxylic acids is 1. The van der Waals surface area contributed by atoms with E-state index in [1.807, 2.05) is 35.9 Å². The normalized spacial score (nSPS) is 21.2. The molecule has 2 aromatic heterocycles. The Bertz CT molecular complexity index is 1330. The highest BCUT2D eigenvalue weighted by atomic mass is 32.1. The molecule has 9 nitrogen and oxygen atoms in total. The van der Waals surface area contributed by atoms with Gasteiger partial charge in [0.1, 0.15) is 22.7 Å². The second kappa shape index (κ2) is 8.76. The monoisotopic (exact) mass is 492 g/mol. The molecule has 1 fully saturated rings. The number of thiophene rings is 1. The second-order valence-electron chi connectivity index (χ2n) is 9.37. The lowest BCUT2D eigenvalue weighted by atomic mass is 10.0. The Balaban J connectivity index is 1.29. The molecule has 35 heavy (non-hydrogen) atoms. The van der Waals surface area contributed by atoms with Crippen molar-refractivity contribution in [3.8, 4) is 5.75 Å². The number of nitrogens with one attached hydrogen (secondary N) is 1. The zero-order valence-electron chi connectivity index (χ0n) is 20.1. The number of anilines is 2. The van der Waals surface area contributed by atoms with Gasteiger partial charge in [-0.1, -0.05) is 0 Å². The number of urea groups is 1. The van der Waals surface area contributed by atoms with E-state index in [1.165, 1.54) is 10.4 Å². The standard InChI is InChI=1S/C25H28N6O3S/c1-14-10-31(11-15(2)34-14)25(32)30-5-4-18-21(12-30)35-24-22(18)23(27-13-28-24)29-19-6-16-8-26-9-17(16)7-20(19)33-3/h6-8,13-15H,4-5,9-12H2,1-3H3,(H,27,28,29)/t14-,15-/m1/s1. The Hall–Kier alpha value is -3.24. The first-order chi connectivity index (χ1) is 17.0. The molecule has 3 aromatic rings. The van der Waals surface area contributed by atoms with Crippen LogP contribution in [0.5, 0.6) is 5.75 Å². The van der Waals surface area contributed by atoms with E-state index in [2.05, 4.69) is 26.3 Å². The van der Waals surface area contributed by atoms with Crippen molar-refractivity contribution >= 4 is 45.3 Å². The summed E-state index contributed by atoms with van der Waals surface area (Å²) in [6.07, 6.45) is 4.36. The van der Waals surface area contributed by atoms with Crippen LogP contribution < -0.4 is 10.1 Å². The zero-order valence-corrected chi connectivity index (χ0v) is 20.9. The molecule has 6 rings (SSSR count). The van der Waals surface area contributed by atoms with Crippen molar-refractivity contribution in [1.29, 1.82) is 0 Å². The van der Waals surface area contributed by atoms with Crippen molar-refractivity contribution in [3.63, 3.8) is 0 Å². The number of aliphatic imine (C=N–C) groups is 1. The summed E-state index contributed by atoms with van der Waals surface area (Å²) in [6.45, 7) is 7.24. The lowest BCUT2D eigenvalue weighted by Gasteiger charge is -2.39. The van der Waals surface area contributed by atoms with Gasteiger partial charge in [0.2, 0.25) is 0 Å². The fourth-order valence-corrected chi connectivity index (χ4v) is 6.46. The van der Waals surface area contributed by atoms with Crippen molar-refractivity contribution in [2.75, 3.05) is 32.1 Å². The third-order valence-electron chi connectivity index (χ3n) is 6.80. The first kappa shape index (κ1) is 22.2. The number of amides is 2. The van der Waals surface area contributed by atoms with Crippen molar-refractivity contribution in [1.82, 2.24) is 19.8 Å². The zero-order chi connectivity index (χ0) is 24.1. The summed E-state index contributed by atoms with van der Waals surface area (Å²) in [5.41, 5.74) is 4.32. The lowest BCUT2D eigenvalue weighted by Crippen LogP contribution is -2.53. The molecule has 0 unspecified atom stereocenters. The van der Waals surface area contributed by atoms with Gasteiger partial charge in [0.05, 0.1) is 43.5 Å². The number of hydrogen-bond donors (Lipinski definition) is 1. The molecule has 3 aliphatic heterocycles. The van der Waals surface area contributed by atoms with Gasteiger partial charge in [-0.3, -0.25) is 4.99 Å². The predicted molar refractivity (Wildman–Crippen MR) is 136 cm³/mol. The van der Waals surface area contributed by atoms with Crippen molar-refractivity contribution in [3.05, 3.63) is 40.0 Å². The van der Waals surface area contributed by atoms with Gasteiger partial charge in [-0.15, -0.1) is 11.3 Å². The smallest absolute Gasteiger partial charge is 0.320 e. The summed E-state index contributed by atoms with van der Waals surface area (Å²) in [4.78, 5) is 32.8.